The lowest BCUT2D eigenvalue weighted by Gasteiger charge is -2.30. The number of hydrogen-bond acceptors (Lipinski definition) is 0. The summed E-state index contributed by atoms with van der Waals surface area (Å²) in [5.41, 5.74) is 0. The lowest BCUT2D eigenvalue weighted by Crippen LogP contribution is -3.14. The number of halogens is 4. The third-order valence-corrected chi connectivity index (χ3v) is 6.36. The van der Waals surface area contributed by atoms with E-state index in [0.717, 1.165) is 17.8 Å². The van der Waals surface area contributed by atoms with Gasteiger partial charge in [-0.05, 0) is 38.5 Å². The van der Waals surface area contributed by atoms with Gasteiger partial charge in [0, 0.05) is 17.8 Å². The molecule has 1 nitrogen and oxygen atoms in total. The molecule has 0 heterocycles. The van der Waals surface area contributed by atoms with Crippen molar-refractivity contribution in [2.24, 2.45) is 17.8 Å². The minimum Gasteiger partial charge on any atom is -0.418 e. The molecule has 0 saturated heterocycles. The van der Waals surface area contributed by atoms with Crippen LogP contribution in [0.15, 0.2) is 0 Å². The van der Waals surface area contributed by atoms with E-state index in [2.05, 4.69) is 41.5 Å². The highest BCUT2D eigenvalue weighted by Crippen LogP contribution is 2.15. The average Bonchev–Trinajstić information content (AvgIpc) is 2.69. The van der Waals surface area contributed by atoms with Crippen molar-refractivity contribution in [2.75, 3.05) is 19.6 Å². The van der Waals surface area contributed by atoms with Gasteiger partial charge in [-0.1, -0.05) is 80.1 Å². The molecule has 0 fully saturated rings. The standard InChI is InChI=1S/C24H51N.BF4/c1-7-13-16-22(10-4)19-25(20-23(11-5)17-14-8-2)21-24(12-6)18-15-9-3;2-1(3,4)5/h22-24H,7-21H2,1-6H3;/q;-1/p+1. The second-order valence-corrected chi connectivity index (χ2v) is 9.11. The molecule has 0 rings (SSSR count). The van der Waals surface area contributed by atoms with Gasteiger partial charge in [0.2, 0.25) is 0 Å². The Morgan fingerprint density at radius 3 is 0.933 bits per heavy atom. The van der Waals surface area contributed by atoms with E-state index in [1.807, 2.05) is 4.90 Å². The van der Waals surface area contributed by atoms with E-state index in [-0.39, 0.29) is 0 Å². The van der Waals surface area contributed by atoms with Gasteiger partial charge >= 0.3 is 7.25 Å². The van der Waals surface area contributed by atoms with Crippen molar-refractivity contribution >= 4 is 7.25 Å². The van der Waals surface area contributed by atoms with E-state index in [0.29, 0.717) is 0 Å². The highest BCUT2D eigenvalue weighted by atomic mass is 19.5. The number of unbranched alkanes of at least 4 members (excludes halogenated alkanes) is 3. The first-order valence-electron chi connectivity index (χ1n) is 12.9. The monoisotopic (exact) mass is 441 g/mol. The maximum absolute atomic E-state index is 9.75. The molecule has 0 aliphatic heterocycles. The molecular weight excluding hydrogens is 389 g/mol. The number of hydrogen-bond donors (Lipinski definition) is 1. The molecule has 0 amide bonds. The van der Waals surface area contributed by atoms with Crippen molar-refractivity contribution in [1.82, 2.24) is 0 Å². The Morgan fingerprint density at radius 1 is 0.533 bits per heavy atom. The molecule has 0 spiro atoms. The molecule has 1 N–H and O–H groups in total. The molecule has 184 valence electrons. The summed E-state index contributed by atoms with van der Waals surface area (Å²) in [5.74, 6) is 2.84. The molecule has 0 aromatic heterocycles. The van der Waals surface area contributed by atoms with Gasteiger partial charge in [-0.3, -0.25) is 0 Å². The minimum atomic E-state index is -6.00. The molecular formula is C24H52BF4N. The van der Waals surface area contributed by atoms with Crippen LogP contribution in [0.5, 0.6) is 0 Å². The first kappa shape index (κ1) is 31.9. The van der Waals surface area contributed by atoms with Gasteiger partial charge in [-0.15, -0.1) is 0 Å². The Morgan fingerprint density at radius 2 is 0.767 bits per heavy atom. The zero-order valence-electron chi connectivity index (χ0n) is 20.9. The highest BCUT2D eigenvalue weighted by molar-refractivity contribution is 6.50. The predicted octanol–water partition coefficient (Wildman–Crippen LogP) is 7.82. The first-order valence-corrected chi connectivity index (χ1v) is 12.9. The molecule has 0 aromatic rings. The van der Waals surface area contributed by atoms with E-state index in [4.69, 9.17) is 0 Å². The largest absolute Gasteiger partial charge is 0.673 e. The SMILES string of the molecule is CCCCC(CC)C[NH+](CC(CC)CCCC)CC(CC)CCCC.F[B-](F)(F)F. The van der Waals surface area contributed by atoms with Crippen LogP contribution < -0.4 is 4.90 Å². The second kappa shape index (κ2) is 20.6. The number of rotatable bonds is 18. The predicted molar refractivity (Wildman–Crippen MR) is 126 cm³/mol. The molecule has 3 atom stereocenters. The van der Waals surface area contributed by atoms with Crippen LogP contribution in [-0.4, -0.2) is 26.9 Å². The maximum Gasteiger partial charge on any atom is 0.673 e. The number of nitrogens with one attached hydrogen (secondary N) is 1. The molecule has 3 unspecified atom stereocenters. The summed E-state index contributed by atoms with van der Waals surface area (Å²) in [6.07, 6.45) is 16.8. The van der Waals surface area contributed by atoms with Crippen LogP contribution in [0, 0.1) is 17.8 Å². The Balaban J connectivity index is 0. The van der Waals surface area contributed by atoms with Gasteiger partial charge < -0.3 is 22.2 Å². The van der Waals surface area contributed by atoms with E-state index in [1.54, 1.807) is 0 Å². The Bertz CT molecular complexity index is 304. The Hall–Kier alpha value is -0.255. The van der Waals surface area contributed by atoms with Crippen molar-refractivity contribution in [3.05, 3.63) is 0 Å². The van der Waals surface area contributed by atoms with E-state index in [9.17, 15) is 17.3 Å². The summed E-state index contributed by atoms with van der Waals surface area (Å²) in [4.78, 5) is 1.94. The quantitative estimate of drug-likeness (QED) is 0.163. The van der Waals surface area contributed by atoms with Crippen molar-refractivity contribution in [3.8, 4) is 0 Å². The van der Waals surface area contributed by atoms with Gasteiger partial charge in [-0.25, -0.2) is 0 Å². The van der Waals surface area contributed by atoms with Crippen LogP contribution >= 0.6 is 0 Å². The van der Waals surface area contributed by atoms with Gasteiger partial charge in [0.25, 0.3) is 0 Å². The average molecular weight is 441 g/mol. The Labute approximate surface area is 185 Å². The van der Waals surface area contributed by atoms with Crippen LogP contribution in [0.2, 0.25) is 0 Å². The topological polar surface area (TPSA) is 4.44 Å². The van der Waals surface area contributed by atoms with Gasteiger partial charge in [0.15, 0.2) is 0 Å². The number of quaternary nitrogens is 1. The third-order valence-electron chi connectivity index (χ3n) is 6.36. The zero-order chi connectivity index (χ0) is 23.4. The Kier molecular flexibility index (Phi) is 22.0. The summed E-state index contributed by atoms with van der Waals surface area (Å²) < 4.78 is 39.0. The fraction of sp³-hybridized carbons (Fsp3) is 1.00. The molecule has 0 radical (unpaired) electrons. The van der Waals surface area contributed by atoms with Crippen molar-refractivity contribution in [1.29, 1.82) is 0 Å². The summed E-state index contributed by atoms with van der Waals surface area (Å²) in [6.45, 7) is 18.6. The molecule has 0 aliphatic carbocycles. The second-order valence-electron chi connectivity index (χ2n) is 9.11. The molecule has 0 aromatic carbocycles. The molecule has 0 saturated carbocycles. The minimum absolute atomic E-state index is 0.947. The van der Waals surface area contributed by atoms with Crippen LogP contribution in [0.3, 0.4) is 0 Å². The van der Waals surface area contributed by atoms with E-state index in [1.165, 1.54) is 96.7 Å². The summed E-state index contributed by atoms with van der Waals surface area (Å²) in [7, 11) is -6.00. The molecule has 6 heteroatoms. The fourth-order valence-electron chi connectivity index (χ4n) is 4.30. The molecule has 30 heavy (non-hydrogen) atoms. The molecule has 0 aliphatic rings. The highest BCUT2D eigenvalue weighted by Gasteiger charge is 2.23. The van der Waals surface area contributed by atoms with E-state index < -0.39 is 7.25 Å². The summed E-state index contributed by atoms with van der Waals surface area (Å²) in [5, 5.41) is 0. The summed E-state index contributed by atoms with van der Waals surface area (Å²) >= 11 is 0. The van der Waals surface area contributed by atoms with Gasteiger partial charge in [-0.2, -0.15) is 0 Å². The van der Waals surface area contributed by atoms with Crippen molar-refractivity contribution in [2.45, 2.75) is 119 Å². The van der Waals surface area contributed by atoms with Gasteiger partial charge in [0.05, 0.1) is 19.6 Å². The fourth-order valence-corrected chi connectivity index (χ4v) is 4.30. The zero-order valence-corrected chi connectivity index (χ0v) is 20.9. The normalized spacial score (nSPS) is 15.8. The maximum atomic E-state index is 9.75. The first-order chi connectivity index (χ1) is 14.1. The summed E-state index contributed by atoms with van der Waals surface area (Å²) in [6, 6.07) is 0. The van der Waals surface area contributed by atoms with Crippen LogP contribution in [-0.2, 0) is 0 Å². The van der Waals surface area contributed by atoms with Crippen LogP contribution in [0.25, 0.3) is 0 Å². The van der Waals surface area contributed by atoms with Gasteiger partial charge in [0.1, 0.15) is 0 Å². The lowest BCUT2D eigenvalue weighted by molar-refractivity contribution is -0.910. The van der Waals surface area contributed by atoms with Crippen LogP contribution in [0.4, 0.5) is 17.3 Å². The van der Waals surface area contributed by atoms with Crippen molar-refractivity contribution < 1.29 is 22.2 Å². The third kappa shape index (κ3) is 22.4. The van der Waals surface area contributed by atoms with E-state index >= 15 is 0 Å². The smallest absolute Gasteiger partial charge is 0.418 e. The molecule has 0 bridgehead atoms. The lowest BCUT2D eigenvalue weighted by atomic mass is 9.93. The van der Waals surface area contributed by atoms with Crippen molar-refractivity contribution in [3.63, 3.8) is 0 Å². The van der Waals surface area contributed by atoms with Crippen LogP contribution in [0.1, 0.15) is 119 Å².